The molecule has 0 aromatic rings. The zero-order valence-corrected chi connectivity index (χ0v) is 8.21. The Morgan fingerprint density at radius 2 is 2.15 bits per heavy atom. The standard InChI is InChI=1S/C10H17NO2/c1-9-7-10(13-8-9)3-5-11(12-2)6-4-10/h1,3-8H2,2H3. The molecule has 0 atom stereocenters. The summed E-state index contributed by atoms with van der Waals surface area (Å²) in [5.41, 5.74) is 1.34. The predicted octanol–water partition coefficient (Wildman–Crippen LogP) is 1.36. The molecule has 3 nitrogen and oxygen atoms in total. The zero-order chi connectivity index (χ0) is 9.31. The number of ether oxygens (including phenoxy) is 1. The second-order valence-corrected chi connectivity index (χ2v) is 4.01. The SMILES string of the molecule is C=C1COC2(CCN(OC)CC2)C1. The van der Waals surface area contributed by atoms with Crippen molar-refractivity contribution in [3.8, 4) is 0 Å². The average Bonchev–Trinajstić information content (AvgIpc) is 2.49. The van der Waals surface area contributed by atoms with Crippen LogP contribution in [0.3, 0.4) is 0 Å². The lowest BCUT2D eigenvalue weighted by molar-refractivity contribution is -0.175. The maximum atomic E-state index is 5.80. The lowest BCUT2D eigenvalue weighted by Crippen LogP contribution is -2.43. The van der Waals surface area contributed by atoms with Gasteiger partial charge in [0, 0.05) is 13.1 Å². The third kappa shape index (κ3) is 1.77. The van der Waals surface area contributed by atoms with Crippen molar-refractivity contribution in [2.24, 2.45) is 0 Å². The normalized spacial score (nSPS) is 28.5. The van der Waals surface area contributed by atoms with E-state index in [4.69, 9.17) is 9.57 Å². The van der Waals surface area contributed by atoms with Crippen LogP contribution in [0.15, 0.2) is 12.2 Å². The molecule has 0 radical (unpaired) electrons. The van der Waals surface area contributed by atoms with Crippen molar-refractivity contribution in [1.82, 2.24) is 5.06 Å². The second-order valence-electron chi connectivity index (χ2n) is 4.01. The monoisotopic (exact) mass is 183 g/mol. The summed E-state index contributed by atoms with van der Waals surface area (Å²) >= 11 is 0. The van der Waals surface area contributed by atoms with Gasteiger partial charge in [0.05, 0.1) is 19.3 Å². The van der Waals surface area contributed by atoms with E-state index in [9.17, 15) is 0 Å². The van der Waals surface area contributed by atoms with E-state index in [0.717, 1.165) is 39.0 Å². The van der Waals surface area contributed by atoms with Gasteiger partial charge in [-0.1, -0.05) is 6.58 Å². The first-order valence-corrected chi connectivity index (χ1v) is 4.84. The number of nitrogens with zero attached hydrogens (tertiary/aromatic N) is 1. The van der Waals surface area contributed by atoms with Crippen LogP contribution < -0.4 is 0 Å². The highest BCUT2D eigenvalue weighted by atomic mass is 16.7. The van der Waals surface area contributed by atoms with Crippen LogP contribution in [-0.2, 0) is 9.57 Å². The van der Waals surface area contributed by atoms with E-state index in [-0.39, 0.29) is 5.60 Å². The van der Waals surface area contributed by atoms with Gasteiger partial charge in [0.1, 0.15) is 0 Å². The minimum atomic E-state index is 0.103. The average molecular weight is 183 g/mol. The van der Waals surface area contributed by atoms with Gasteiger partial charge >= 0.3 is 0 Å². The Kier molecular flexibility index (Phi) is 2.41. The summed E-state index contributed by atoms with van der Waals surface area (Å²) in [4.78, 5) is 5.18. The molecule has 2 fully saturated rings. The third-order valence-corrected chi connectivity index (χ3v) is 3.05. The van der Waals surface area contributed by atoms with Gasteiger partial charge in [-0.15, -0.1) is 0 Å². The number of hydrogen-bond donors (Lipinski definition) is 0. The molecule has 0 aromatic carbocycles. The first kappa shape index (κ1) is 9.19. The van der Waals surface area contributed by atoms with Crippen LogP contribution in [0.5, 0.6) is 0 Å². The molecule has 0 unspecified atom stereocenters. The highest BCUT2D eigenvalue weighted by molar-refractivity contribution is 5.09. The Balaban J connectivity index is 1.93. The molecule has 2 aliphatic heterocycles. The molecule has 74 valence electrons. The molecular weight excluding hydrogens is 166 g/mol. The Labute approximate surface area is 79.3 Å². The van der Waals surface area contributed by atoms with E-state index in [1.165, 1.54) is 5.57 Å². The van der Waals surface area contributed by atoms with Gasteiger partial charge < -0.3 is 9.57 Å². The predicted molar refractivity (Wildman–Crippen MR) is 50.3 cm³/mol. The Bertz CT molecular complexity index is 207. The highest BCUT2D eigenvalue weighted by Gasteiger charge is 2.39. The summed E-state index contributed by atoms with van der Waals surface area (Å²) in [5, 5.41) is 2.00. The quantitative estimate of drug-likeness (QED) is 0.573. The fourth-order valence-corrected chi connectivity index (χ4v) is 2.21. The van der Waals surface area contributed by atoms with E-state index >= 15 is 0 Å². The first-order chi connectivity index (χ1) is 6.24. The lowest BCUT2D eigenvalue weighted by Gasteiger charge is -2.37. The van der Waals surface area contributed by atoms with Crippen molar-refractivity contribution < 1.29 is 9.57 Å². The topological polar surface area (TPSA) is 21.7 Å². The maximum absolute atomic E-state index is 5.80. The van der Waals surface area contributed by atoms with Crippen molar-refractivity contribution in [1.29, 1.82) is 0 Å². The summed E-state index contributed by atoms with van der Waals surface area (Å²) in [5.74, 6) is 0. The van der Waals surface area contributed by atoms with Gasteiger partial charge in [0.15, 0.2) is 0 Å². The smallest absolute Gasteiger partial charge is 0.0750 e. The van der Waals surface area contributed by atoms with Gasteiger partial charge in [-0.3, -0.25) is 0 Å². The molecule has 2 rings (SSSR count). The fourth-order valence-electron chi connectivity index (χ4n) is 2.21. The number of hydrogen-bond acceptors (Lipinski definition) is 3. The largest absolute Gasteiger partial charge is 0.370 e. The van der Waals surface area contributed by atoms with Crippen molar-refractivity contribution in [3.63, 3.8) is 0 Å². The van der Waals surface area contributed by atoms with Gasteiger partial charge in [0.2, 0.25) is 0 Å². The molecule has 0 amide bonds. The molecule has 13 heavy (non-hydrogen) atoms. The molecule has 0 aliphatic carbocycles. The second kappa shape index (κ2) is 3.40. The van der Waals surface area contributed by atoms with E-state index < -0.39 is 0 Å². The van der Waals surface area contributed by atoms with Gasteiger partial charge in [-0.2, -0.15) is 5.06 Å². The highest BCUT2D eigenvalue weighted by Crippen LogP contribution is 2.37. The van der Waals surface area contributed by atoms with Crippen LogP contribution in [0.25, 0.3) is 0 Å². The van der Waals surface area contributed by atoms with Gasteiger partial charge in [-0.25, -0.2) is 0 Å². The number of rotatable bonds is 1. The van der Waals surface area contributed by atoms with E-state index in [0.29, 0.717) is 0 Å². The molecule has 2 aliphatic rings. The van der Waals surface area contributed by atoms with E-state index in [1.807, 2.05) is 5.06 Å². The van der Waals surface area contributed by atoms with E-state index in [2.05, 4.69) is 6.58 Å². The minimum absolute atomic E-state index is 0.103. The summed E-state index contributed by atoms with van der Waals surface area (Å²) in [6.45, 7) is 6.68. The molecule has 0 N–H and O–H groups in total. The molecule has 2 heterocycles. The van der Waals surface area contributed by atoms with Crippen LogP contribution in [0.4, 0.5) is 0 Å². The van der Waals surface area contributed by atoms with Gasteiger partial charge in [-0.05, 0) is 24.8 Å². The first-order valence-electron chi connectivity index (χ1n) is 4.84. The fraction of sp³-hybridized carbons (Fsp3) is 0.800. The molecular formula is C10H17NO2. The van der Waals surface area contributed by atoms with Gasteiger partial charge in [0.25, 0.3) is 0 Å². The van der Waals surface area contributed by atoms with Crippen LogP contribution in [0, 0.1) is 0 Å². The molecule has 0 bridgehead atoms. The Hall–Kier alpha value is -0.380. The number of hydroxylamine groups is 2. The maximum Gasteiger partial charge on any atom is 0.0750 e. The molecule has 2 saturated heterocycles. The molecule has 0 aromatic heterocycles. The Morgan fingerprint density at radius 3 is 2.62 bits per heavy atom. The Morgan fingerprint density at radius 1 is 1.46 bits per heavy atom. The zero-order valence-electron chi connectivity index (χ0n) is 8.21. The van der Waals surface area contributed by atoms with Crippen LogP contribution in [0.2, 0.25) is 0 Å². The lowest BCUT2D eigenvalue weighted by atomic mass is 9.88. The van der Waals surface area contributed by atoms with Crippen LogP contribution in [0.1, 0.15) is 19.3 Å². The van der Waals surface area contributed by atoms with Crippen molar-refractivity contribution in [2.75, 3.05) is 26.8 Å². The van der Waals surface area contributed by atoms with Crippen molar-refractivity contribution >= 4 is 0 Å². The summed E-state index contributed by atoms with van der Waals surface area (Å²) in [6.07, 6.45) is 3.18. The summed E-state index contributed by atoms with van der Waals surface area (Å²) in [6, 6.07) is 0. The molecule has 3 heteroatoms. The van der Waals surface area contributed by atoms with Crippen LogP contribution in [-0.4, -0.2) is 37.5 Å². The third-order valence-electron chi connectivity index (χ3n) is 3.05. The number of piperidine rings is 1. The summed E-state index contributed by atoms with van der Waals surface area (Å²) in [7, 11) is 1.73. The van der Waals surface area contributed by atoms with Crippen molar-refractivity contribution in [3.05, 3.63) is 12.2 Å². The minimum Gasteiger partial charge on any atom is -0.370 e. The van der Waals surface area contributed by atoms with Crippen LogP contribution >= 0.6 is 0 Å². The molecule has 0 saturated carbocycles. The summed E-state index contributed by atoms with van der Waals surface area (Å²) < 4.78 is 5.80. The molecule has 1 spiro atoms. The van der Waals surface area contributed by atoms with E-state index in [1.54, 1.807) is 7.11 Å². The van der Waals surface area contributed by atoms with Crippen molar-refractivity contribution in [2.45, 2.75) is 24.9 Å².